The third kappa shape index (κ3) is 7.38. The molecular formula is C33H34N4O3S. The highest BCUT2D eigenvalue weighted by Crippen LogP contribution is 2.41. The Hall–Kier alpha value is -4.48. The van der Waals surface area contributed by atoms with Crippen molar-refractivity contribution in [2.24, 2.45) is 0 Å². The number of anilines is 2. The molecule has 2 amide bonds. The van der Waals surface area contributed by atoms with E-state index in [4.69, 9.17) is 4.74 Å². The molecule has 3 aromatic carbocycles. The standard InChI is InChI=1S/C33H34N4O3S/c1-4-5-11-23-16-18-25(19-17-23)36-29(38)21-41-33-26(20-34)31(24-12-7-6-8-13-24)30(22(2)35-33)32(39)37-27-14-9-10-15-28(27)40-3/h6-10,12-19,31,35H,4-5,11,21H2,1-3H3,(H,36,38)(H,37,39). The van der Waals surface area contributed by atoms with Gasteiger partial charge in [-0.05, 0) is 55.2 Å². The second kappa shape index (κ2) is 14.2. The first-order chi connectivity index (χ1) is 19.9. The van der Waals surface area contributed by atoms with Gasteiger partial charge in [-0.1, -0.05) is 79.7 Å². The van der Waals surface area contributed by atoms with Gasteiger partial charge in [0.1, 0.15) is 5.75 Å². The molecule has 41 heavy (non-hydrogen) atoms. The molecule has 1 heterocycles. The fourth-order valence-corrected chi connectivity index (χ4v) is 5.61. The van der Waals surface area contributed by atoms with Gasteiger partial charge in [0, 0.05) is 17.0 Å². The lowest BCUT2D eigenvalue weighted by molar-refractivity contribution is -0.114. The van der Waals surface area contributed by atoms with Crippen LogP contribution in [0.15, 0.2) is 101 Å². The van der Waals surface area contributed by atoms with Gasteiger partial charge in [0.15, 0.2) is 0 Å². The zero-order valence-electron chi connectivity index (χ0n) is 23.5. The van der Waals surface area contributed by atoms with E-state index >= 15 is 0 Å². The first kappa shape index (κ1) is 29.5. The zero-order chi connectivity index (χ0) is 29.2. The minimum absolute atomic E-state index is 0.0998. The molecule has 0 saturated heterocycles. The zero-order valence-corrected chi connectivity index (χ0v) is 24.3. The minimum Gasteiger partial charge on any atom is -0.495 e. The maximum Gasteiger partial charge on any atom is 0.254 e. The summed E-state index contributed by atoms with van der Waals surface area (Å²) < 4.78 is 5.40. The number of rotatable bonds is 11. The SMILES string of the molecule is CCCCc1ccc(NC(=O)CSC2=C(C#N)C(c3ccccc3)C(C(=O)Nc3ccccc3OC)=C(C)N2)cc1. The van der Waals surface area contributed by atoms with Crippen LogP contribution in [-0.2, 0) is 16.0 Å². The van der Waals surface area contributed by atoms with Gasteiger partial charge < -0.3 is 20.7 Å². The maximum atomic E-state index is 13.7. The van der Waals surface area contributed by atoms with Crippen LogP contribution in [0.25, 0.3) is 0 Å². The molecule has 8 heteroatoms. The predicted molar refractivity (Wildman–Crippen MR) is 165 cm³/mol. The van der Waals surface area contributed by atoms with Gasteiger partial charge in [-0.15, -0.1) is 0 Å². The average molecular weight is 567 g/mol. The van der Waals surface area contributed by atoms with Gasteiger partial charge in [0.2, 0.25) is 5.91 Å². The number of methoxy groups -OCH3 is 1. The Morgan fingerprint density at radius 3 is 2.39 bits per heavy atom. The molecule has 0 aromatic heterocycles. The van der Waals surface area contributed by atoms with Crippen molar-refractivity contribution in [3.63, 3.8) is 0 Å². The van der Waals surface area contributed by atoms with Crippen molar-refractivity contribution in [3.05, 3.63) is 112 Å². The number of nitriles is 1. The number of para-hydroxylation sites is 2. The lowest BCUT2D eigenvalue weighted by Crippen LogP contribution is -2.31. The number of hydrogen-bond acceptors (Lipinski definition) is 6. The van der Waals surface area contributed by atoms with Crippen LogP contribution in [0.2, 0.25) is 0 Å². The molecule has 0 saturated carbocycles. The largest absolute Gasteiger partial charge is 0.495 e. The van der Waals surface area contributed by atoms with Crippen molar-refractivity contribution in [2.45, 2.75) is 39.0 Å². The summed E-state index contributed by atoms with van der Waals surface area (Å²) in [5.41, 5.74) is 4.73. The van der Waals surface area contributed by atoms with E-state index in [1.54, 1.807) is 19.2 Å². The van der Waals surface area contributed by atoms with Crippen LogP contribution in [-0.4, -0.2) is 24.7 Å². The molecule has 0 spiro atoms. The monoisotopic (exact) mass is 566 g/mol. The molecule has 3 N–H and O–H groups in total. The van der Waals surface area contributed by atoms with Crippen LogP contribution in [0, 0.1) is 11.3 Å². The van der Waals surface area contributed by atoms with Crippen molar-refractivity contribution in [1.82, 2.24) is 5.32 Å². The molecule has 0 radical (unpaired) electrons. The third-order valence-electron chi connectivity index (χ3n) is 6.78. The highest BCUT2D eigenvalue weighted by atomic mass is 32.2. The quantitative estimate of drug-likeness (QED) is 0.237. The molecule has 1 atom stereocenters. The predicted octanol–water partition coefficient (Wildman–Crippen LogP) is 6.74. The molecule has 0 aliphatic carbocycles. The summed E-state index contributed by atoms with van der Waals surface area (Å²) in [6.45, 7) is 3.97. The Labute approximate surface area is 245 Å². The number of thioether (sulfide) groups is 1. The number of benzene rings is 3. The molecule has 1 unspecified atom stereocenters. The van der Waals surface area contributed by atoms with E-state index in [2.05, 4.69) is 28.9 Å². The second-order valence-electron chi connectivity index (χ2n) is 9.65. The minimum atomic E-state index is -0.613. The van der Waals surface area contributed by atoms with E-state index in [9.17, 15) is 14.9 Å². The van der Waals surface area contributed by atoms with Crippen LogP contribution in [0.5, 0.6) is 5.75 Å². The number of hydrogen-bond donors (Lipinski definition) is 3. The smallest absolute Gasteiger partial charge is 0.254 e. The lowest BCUT2D eigenvalue weighted by Gasteiger charge is -2.30. The van der Waals surface area contributed by atoms with E-state index in [1.165, 1.54) is 17.3 Å². The van der Waals surface area contributed by atoms with E-state index in [0.717, 1.165) is 30.5 Å². The van der Waals surface area contributed by atoms with Crippen molar-refractivity contribution in [3.8, 4) is 11.8 Å². The van der Waals surface area contributed by atoms with Crippen molar-refractivity contribution in [1.29, 1.82) is 5.26 Å². The Morgan fingerprint density at radius 2 is 1.71 bits per heavy atom. The van der Waals surface area contributed by atoms with Gasteiger partial charge in [-0.2, -0.15) is 5.26 Å². The van der Waals surface area contributed by atoms with Gasteiger partial charge in [-0.3, -0.25) is 9.59 Å². The number of amides is 2. The number of carbonyl (C=O) groups excluding carboxylic acids is 2. The fourth-order valence-electron chi connectivity index (χ4n) is 4.71. The summed E-state index contributed by atoms with van der Waals surface area (Å²) >= 11 is 1.25. The Morgan fingerprint density at radius 1 is 1.00 bits per heavy atom. The number of nitrogens with zero attached hydrogens (tertiary/aromatic N) is 1. The van der Waals surface area contributed by atoms with Crippen molar-refractivity contribution >= 4 is 35.0 Å². The molecule has 1 aliphatic rings. The van der Waals surface area contributed by atoms with Crippen LogP contribution in [0.4, 0.5) is 11.4 Å². The number of ether oxygens (including phenoxy) is 1. The van der Waals surface area contributed by atoms with E-state index in [0.29, 0.717) is 33.3 Å². The molecule has 1 aliphatic heterocycles. The number of dihydropyridines is 1. The first-order valence-corrected chi connectivity index (χ1v) is 14.6. The van der Waals surface area contributed by atoms with Crippen molar-refractivity contribution in [2.75, 3.05) is 23.5 Å². The highest BCUT2D eigenvalue weighted by Gasteiger charge is 2.35. The number of allylic oxidation sites excluding steroid dienone is 2. The number of aryl methyl sites for hydroxylation is 1. The summed E-state index contributed by atoms with van der Waals surface area (Å²) in [5.74, 6) is -0.500. The summed E-state index contributed by atoms with van der Waals surface area (Å²) in [6.07, 6.45) is 3.29. The summed E-state index contributed by atoms with van der Waals surface area (Å²) in [7, 11) is 1.54. The first-order valence-electron chi connectivity index (χ1n) is 13.6. The summed E-state index contributed by atoms with van der Waals surface area (Å²) in [4.78, 5) is 26.5. The van der Waals surface area contributed by atoms with Gasteiger partial charge in [0.05, 0.1) is 41.1 Å². The van der Waals surface area contributed by atoms with Crippen LogP contribution in [0.3, 0.4) is 0 Å². The molecule has 4 rings (SSSR count). The van der Waals surface area contributed by atoms with Gasteiger partial charge in [-0.25, -0.2) is 0 Å². The lowest BCUT2D eigenvalue weighted by atomic mass is 9.82. The molecule has 7 nitrogen and oxygen atoms in total. The van der Waals surface area contributed by atoms with Crippen LogP contribution in [0.1, 0.15) is 43.7 Å². The van der Waals surface area contributed by atoms with Crippen LogP contribution >= 0.6 is 11.8 Å². The Balaban J connectivity index is 1.55. The molecule has 210 valence electrons. The number of unbranched alkanes of at least 4 members (excludes halogenated alkanes) is 1. The summed E-state index contributed by atoms with van der Waals surface area (Å²) in [6, 6.07) is 26.8. The molecule has 0 fully saturated rings. The van der Waals surface area contributed by atoms with E-state index in [-0.39, 0.29) is 17.6 Å². The fraction of sp³-hybridized carbons (Fsp3) is 0.242. The Kier molecular flexibility index (Phi) is 10.2. The van der Waals surface area contributed by atoms with E-state index < -0.39 is 5.92 Å². The number of carbonyl (C=O) groups is 2. The molecule has 3 aromatic rings. The number of nitrogens with one attached hydrogen (secondary N) is 3. The maximum absolute atomic E-state index is 13.7. The average Bonchev–Trinajstić information content (AvgIpc) is 2.99. The molecule has 0 bridgehead atoms. The van der Waals surface area contributed by atoms with Crippen LogP contribution < -0.4 is 20.7 Å². The third-order valence-corrected chi connectivity index (χ3v) is 7.80. The van der Waals surface area contributed by atoms with Gasteiger partial charge in [0.25, 0.3) is 5.91 Å². The highest BCUT2D eigenvalue weighted by molar-refractivity contribution is 8.03. The second-order valence-corrected chi connectivity index (χ2v) is 10.6. The normalized spacial score (nSPS) is 14.6. The topological polar surface area (TPSA) is 103 Å². The molecular weight excluding hydrogens is 532 g/mol. The Bertz CT molecular complexity index is 1490. The van der Waals surface area contributed by atoms with Gasteiger partial charge >= 0.3 is 0 Å². The summed E-state index contributed by atoms with van der Waals surface area (Å²) in [5, 5.41) is 20.0. The van der Waals surface area contributed by atoms with E-state index in [1.807, 2.05) is 73.7 Å². The van der Waals surface area contributed by atoms with Crippen molar-refractivity contribution < 1.29 is 14.3 Å².